The van der Waals surface area contributed by atoms with Gasteiger partial charge in [0.05, 0.1) is 5.56 Å². The fourth-order valence-corrected chi connectivity index (χ4v) is 3.34. The SMILES string of the molecule is Cc1cccc(NC(=O)C(C)S(=O)Cc2ccc(C(=O)O)cc2)c1C. The Labute approximate surface area is 149 Å². The summed E-state index contributed by atoms with van der Waals surface area (Å²) in [6.07, 6.45) is 0. The van der Waals surface area contributed by atoms with Crippen molar-refractivity contribution in [2.75, 3.05) is 5.32 Å². The minimum absolute atomic E-state index is 0.176. The fourth-order valence-electron chi connectivity index (χ4n) is 2.27. The smallest absolute Gasteiger partial charge is 0.335 e. The summed E-state index contributed by atoms with van der Waals surface area (Å²) in [5, 5.41) is 11.0. The van der Waals surface area contributed by atoms with Crippen LogP contribution in [0.1, 0.15) is 34.0 Å². The molecule has 1 amide bonds. The maximum atomic E-state index is 12.4. The molecule has 0 aliphatic heterocycles. The molecule has 2 aromatic carbocycles. The van der Waals surface area contributed by atoms with Crippen LogP contribution in [0.2, 0.25) is 0 Å². The monoisotopic (exact) mass is 359 g/mol. The molecule has 0 heterocycles. The molecular weight excluding hydrogens is 338 g/mol. The summed E-state index contributed by atoms with van der Waals surface area (Å²) < 4.78 is 12.4. The summed E-state index contributed by atoms with van der Waals surface area (Å²) in [6.45, 7) is 5.52. The van der Waals surface area contributed by atoms with Crippen molar-refractivity contribution in [1.29, 1.82) is 0 Å². The first-order valence-electron chi connectivity index (χ1n) is 7.86. The van der Waals surface area contributed by atoms with Crippen molar-refractivity contribution in [3.05, 3.63) is 64.7 Å². The third kappa shape index (κ3) is 4.76. The lowest BCUT2D eigenvalue weighted by Gasteiger charge is -2.14. The lowest BCUT2D eigenvalue weighted by molar-refractivity contribution is -0.115. The van der Waals surface area contributed by atoms with E-state index in [1.807, 2.05) is 32.0 Å². The number of carboxylic acid groups (broad SMARTS) is 1. The van der Waals surface area contributed by atoms with E-state index < -0.39 is 22.0 Å². The summed E-state index contributed by atoms with van der Waals surface area (Å²) in [5.74, 6) is -1.11. The van der Waals surface area contributed by atoms with Gasteiger partial charge in [0, 0.05) is 22.2 Å². The highest BCUT2D eigenvalue weighted by Crippen LogP contribution is 2.19. The molecule has 0 saturated carbocycles. The lowest BCUT2D eigenvalue weighted by atomic mass is 10.1. The van der Waals surface area contributed by atoms with Crippen LogP contribution in [0.5, 0.6) is 0 Å². The molecule has 2 rings (SSSR count). The Balaban J connectivity index is 2.02. The van der Waals surface area contributed by atoms with Crippen molar-refractivity contribution in [2.45, 2.75) is 31.8 Å². The summed E-state index contributed by atoms with van der Waals surface area (Å²) in [4.78, 5) is 23.2. The van der Waals surface area contributed by atoms with E-state index in [1.54, 1.807) is 19.1 Å². The standard InChI is InChI=1S/C19H21NO4S/c1-12-5-4-6-17(13(12)2)20-18(21)14(3)25(24)11-15-7-9-16(10-8-15)19(22)23/h4-10,14H,11H2,1-3H3,(H,20,21)(H,22,23). The van der Waals surface area contributed by atoms with Gasteiger partial charge in [0.1, 0.15) is 5.25 Å². The number of aromatic carboxylic acids is 1. The van der Waals surface area contributed by atoms with E-state index in [4.69, 9.17) is 5.11 Å². The number of nitrogens with one attached hydrogen (secondary N) is 1. The maximum absolute atomic E-state index is 12.4. The molecule has 0 spiro atoms. The molecule has 0 fully saturated rings. The van der Waals surface area contributed by atoms with E-state index in [-0.39, 0.29) is 17.2 Å². The summed E-state index contributed by atoms with van der Waals surface area (Å²) in [5.41, 5.74) is 3.69. The number of amides is 1. The zero-order chi connectivity index (χ0) is 18.6. The van der Waals surface area contributed by atoms with Gasteiger partial charge in [-0.05, 0) is 55.7 Å². The predicted octanol–water partition coefficient (Wildman–Crippen LogP) is 3.28. The van der Waals surface area contributed by atoms with Gasteiger partial charge in [-0.15, -0.1) is 0 Å². The highest BCUT2D eigenvalue weighted by molar-refractivity contribution is 7.85. The zero-order valence-corrected chi connectivity index (χ0v) is 15.2. The van der Waals surface area contributed by atoms with Crippen LogP contribution < -0.4 is 5.32 Å². The van der Waals surface area contributed by atoms with Gasteiger partial charge in [-0.25, -0.2) is 4.79 Å². The molecule has 0 saturated heterocycles. The van der Waals surface area contributed by atoms with Crippen LogP contribution in [0.15, 0.2) is 42.5 Å². The number of carboxylic acids is 1. The highest BCUT2D eigenvalue weighted by Gasteiger charge is 2.21. The Bertz CT molecular complexity index is 815. The molecule has 2 atom stereocenters. The van der Waals surface area contributed by atoms with Crippen LogP contribution in [0.25, 0.3) is 0 Å². The van der Waals surface area contributed by atoms with E-state index in [0.29, 0.717) is 0 Å². The topological polar surface area (TPSA) is 83.5 Å². The Kier molecular flexibility index (Phi) is 6.09. The van der Waals surface area contributed by atoms with Crippen LogP contribution in [-0.4, -0.2) is 26.4 Å². The Hall–Kier alpha value is -2.47. The molecule has 25 heavy (non-hydrogen) atoms. The van der Waals surface area contributed by atoms with Gasteiger partial charge in [-0.3, -0.25) is 9.00 Å². The van der Waals surface area contributed by atoms with E-state index >= 15 is 0 Å². The molecule has 0 radical (unpaired) electrons. The van der Waals surface area contributed by atoms with Crippen molar-refractivity contribution in [3.8, 4) is 0 Å². The number of rotatable bonds is 6. The third-order valence-corrected chi connectivity index (χ3v) is 5.76. The van der Waals surface area contributed by atoms with Crippen molar-refractivity contribution in [2.24, 2.45) is 0 Å². The number of hydrogen-bond donors (Lipinski definition) is 2. The van der Waals surface area contributed by atoms with E-state index in [9.17, 15) is 13.8 Å². The molecule has 132 valence electrons. The Morgan fingerprint density at radius 2 is 1.76 bits per heavy atom. The second-order valence-corrected chi connectivity index (χ2v) is 7.66. The van der Waals surface area contributed by atoms with Crippen molar-refractivity contribution >= 4 is 28.4 Å². The molecule has 0 aliphatic carbocycles. The summed E-state index contributed by atoms with van der Waals surface area (Å²) in [7, 11) is -1.41. The maximum Gasteiger partial charge on any atom is 0.335 e. The quantitative estimate of drug-likeness (QED) is 0.829. The number of hydrogen-bond acceptors (Lipinski definition) is 3. The largest absolute Gasteiger partial charge is 0.478 e. The first-order chi connectivity index (χ1) is 11.8. The molecule has 0 aliphatic rings. The average Bonchev–Trinajstić information content (AvgIpc) is 2.58. The van der Waals surface area contributed by atoms with Crippen molar-refractivity contribution in [1.82, 2.24) is 0 Å². The molecule has 5 nitrogen and oxygen atoms in total. The zero-order valence-electron chi connectivity index (χ0n) is 14.4. The van der Waals surface area contributed by atoms with Gasteiger partial charge in [-0.1, -0.05) is 24.3 Å². The van der Waals surface area contributed by atoms with E-state index in [2.05, 4.69) is 5.32 Å². The first-order valence-corrected chi connectivity index (χ1v) is 9.24. The van der Waals surface area contributed by atoms with Crippen LogP contribution in [0.4, 0.5) is 5.69 Å². The highest BCUT2D eigenvalue weighted by atomic mass is 32.2. The molecule has 0 bridgehead atoms. The third-order valence-electron chi connectivity index (χ3n) is 4.14. The van der Waals surface area contributed by atoms with Gasteiger partial charge in [0.15, 0.2) is 0 Å². The molecule has 2 unspecified atom stereocenters. The van der Waals surface area contributed by atoms with Crippen LogP contribution in [-0.2, 0) is 21.3 Å². The first kappa shape index (κ1) is 18.9. The number of carbonyl (C=O) groups is 2. The molecule has 2 aromatic rings. The number of anilines is 1. The fraction of sp³-hybridized carbons (Fsp3) is 0.263. The van der Waals surface area contributed by atoms with Gasteiger partial charge in [0.2, 0.25) is 5.91 Å². The summed E-state index contributed by atoms with van der Waals surface area (Å²) >= 11 is 0. The Morgan fingerprint density at radius 1 is 1.12 bits per heavy atom. The molecule has 0 aromatic heterocycles. The van der Waals surface area contributed by atoms with E-state index in [1.165, 1.54) is 12.1 Å². The lowest BCUT2D eigenvalue weighted by Crippen LogP contribution is -2.30. The Morgan fingerprint density at radius 3 is 2.36 bits per heavy atom. The van der Waals surface area contributed by atoms with Gasteiger partial charge in [0.25, 0.3) is 0 Å². The minimum atomic E-state index is -1.41. The van der Waals surface area contributed by atoms with E-state index in [0.717, 1.165) is 22.4 Å². The minimum Gasteiger partial charge on any atom is -0.478 e. The molecule has 2 N–H and O–H groups in total. The second kappa shape index (κ2) is 8.07. The van der Waals surface area contributed by atoms with Gasteiger partial charge in [-0.2, -0.15) is 0 Å². The van der Waals surface area contributed by atoms with Gasteiger partial charge >= 0.3 is 5.97 Å². The number of carbonyl (C=O) groups excluding carboxylic acids is 1. The molecule has 6 heteroatoms. The van der Waals surface area contributed by atoms with Gasteiger partial charge < -0.3 is 10.4 Å². The average molecular weight is 359 g/mol. The van der Waals surface area contributed by atoms with Crippen LogP contribution in [0.3, 0.4) is 0 Å². The number of aryl methyl sites for hydroxylation is 1. The van der Waals surface area contributed by atoms with Crippen LogP contribution >= 0.6 is 0 Å². The number of benzene rings is 2. The van der Waals surface area contributed by atoms with Crippen molar-refractivity contribution < 1.29 is 18.9 Å². The second-order valence-electron chi connectivity index (χ2n) is 5.91. The van der Waals surface area contributed by atoms with Crippen molar-refractivity contribution in [3.63, 3.8) is 0 Å². The van der Waals surface area contributed by atoms with Crippen LogP contribution in [0, 0.1) is 13.8 Å². The molecular formula is C19H21NO4S. The predicted molar refractivity (Wildman–Crippen MR) is 99.3 cm³/mol. The normalized spacial score (nSPS) is 13.1. The summed E-state index contributed by atoms with van der Waals surface area (Å²) in [6, 6.07) is 11.8.